The molecule has 0 radical (unpaired) electrons. The van der Waals surface area contributed by atoms with Crippen LogP contribution in [0.2, 0.25) is 0 Å². The summed E-state index contributed by atoms with van der Waals surface area (Å²) in [4.78, 5) is 12.2. The number of rotatable bonds is 9. The van der Waals surface area contributed by atoms with Crippen LogP contribution in [-0.2, 0) is 22.8 Å². The Morgan fingerprint density at radius 3 is 2.52 bits per heavy atom. The van der Waals surface area contributed by atoms with Gasteiger partial charge in [-0.3, -0.25) is 4.79 Å². The van der Waals surface area contributed by atoms with E-state index in [-0.39, 0.29) is 21.7 Å². The van der Waals surface area contributed by atoms with E-state index in [4.69, 9.17) is 0 Å². The molecule has 0 atom stereocenters. The maximum Gasteiger partial charge on any atom is 0.234 e. The van der Waals surface area contributed by atoms with Gasteiger partial charge >= 0.3 is 0 Å². The third kappa shape index (κ3) is 6.50. The van der Waals surface area contributed by atoms with Gasteiger partial charge in [0.25, 0.3) is 0 Å². The average Bonchev–Trinajstić information content (AvgIpc) is 3.12. The lowest BCUT2D eigenvalue weighted by Crippen LogP contribution is -2.16. The van der Waals surface area contributed by atoms with Crippen LogP contribution in [0.5, 0.6) is 0 Å². The number of nitrogens with zero attached hydrogens (tertiary/aromatic N) is 3. The summed E-state index contributed by atoms with van der Waals surface area (Å²) in [6, 6.07) is 8.14. The van der Waals surface area contributed by atoms with Crippen molar-refractivity contribution in [1.29, 1.82) is 0 Å². The maximum absolute atomic E-state index is 13.9. The number of thioether (sulfide) groups is 2. The Bertz CT molecular complexity index is 1040. The number of amides is 1. The van der Waals surface area contributed by atoms with Crippen molar-refractivity contribution in [2.24, 2.45) is 0 Å². The number of nitrogens with one attached hydrogen (secondary N) is 1. The highest BCUT2D eigenvalue weighted by atomic mass is 79.9. The lowest BCUT2D eigenvalue weighted by Gasteiger charge is -2.09. The molecular formula is C20H18BrF3N4OS2. The molecule has 11 heteroatoms. The summed E-state index contributed by atoms with van der Waals surface area (Å²) < 4.78 is 42.1. The molecule has 31 heavy (non-hydrogen) atoms. The average molecular weight is 531 g/mol. The molecule has 1 aromatic heterocycles. The van der Waals surface area contributed by atoms with Crippen LogP contribution in [-0.4, -0.2) is 26.4 Å². The minimum absolute atomic E-state index is 0.00981. The summed E-state index contributed by atoms with van der Waals surface area (Å²) in [5.41, 5.74) is 0.904. The number of halogens is 4. The van der Waals surface area contributed by atoms with Gasteiger partial charge in [-0.2, -0.15) is 0 Å². The van der Waals surface area contributed by atoms with Crippen LogP contribution >= 0.6 is 39.5 Å². The van der Waals surface area contributed by atoms with Crippen LogP contribution in [0.15, 0.2) is 46.0 Å². The molecule has 1 heterocycles. The molecule has 0 saturated heterocycles. The zero-order chi connectivity index (χ0) is 22.4. The number of hydrogen-bond donors (Lipinski definition) is 1. The first kappa shape index (κ1) is 23.7. The second-order valence-electron chi connectivity index (χ2n) is 6.34. The highest BCUT2D eigenvalue weighted by Gasteiger charge is 2.16. The summed E-state index contributed by atoms with van der Waals surface area (Å²) in [7, 11) is 0. The highest BCUT2D eigenvalue weighted by Crippen LogP contribution is 2.27. The molecule has 2 aromatic carbocycles. The number of carbonyl (C=O) groups is 1. The van der Waals surface area contributed by atoms with Gasteiger partial charge in [0.05, 0.1) is 17.2 Å². The Balaban J connectivity index is 1.55. The zero-order valence-electron chi connectivity index (χ0n) is 16.4. The van der Waals surface area contributed by atoms with Crippen LogP contribution in [0.25, 0.3) is 0 Å². The van der Waals surface area contributed by atoms with Gasteiger partial charge in [-0.1, -0.05) is 23.9 Å². The van der Waals surface area contributed by atoms with Crippen LogP contribution in [0.1, 0.15) is 18.3 Å². The zero-order valence-corrected chi connectivity index (χ0v) is 19.6. The van der Waals surface area contributed by atoms with E-state index >= 15 is 0 Å². The summed E-state index contributed by atoms with van der Waals surface area (Å²) >= 11 is 5.85. The van der Waals surface area contributed by atoms with Gasteiger partial charge in [0.1, 0.15) is 17.5 Å². The second-order valence-corrected chi connectivity index (χ2v) is 9.13. The van der Waals surface area contributed by atoms with Crippen LogP contribution < -0.4 is 5.32 Å². The quantitative estimate of drug-likeness (QED) is 0.362. The molecule has 0 unspecified atom stereocenters. The van der Waals surface area contributed by atoms with Gasteiger partial charge < -0.3 is 9.88 Å². The van der Waals surface area contributed by atoms with Crippen molar-refractivity contribution in [2.75, 3.05) is 11.1 Å². The molecule has 5 nitrogen and oxygen atoms in total. The third-order valence-electron chi connectivity index (χ3n) is 4.13. The Hall–Kier alpha value is -1.98. The van der Waals surface area contributed by atoms with Crippen LogP contribution in [0.3, 0.4) is 0 Å². The number of hydrogen-bond acceptors (Lipinski definition) is 5. The minimum Gasteiger partial charge on any atom is -0.322 e. The van der Waals surface area contributed by atoms with E-state index in [0.717, 1.165) is 17.5 Å². The molecule has 3 aromatic rings. The molecule has 164 valence electrons. The number of anilines is 1. The molecular weight excluding hydrogens is 513 g/mol. The van der Waals surface area contributed by atoms with Gasteiger partial charge in [-0.15, -0.1) is 22.0 Å². The highest BCUT2D eigenvalue weighted by molar-refractivity contribution is 9.10. The lowest BCUT2D eigenvalue weighted by molar-refractivity contribution is -0.113. The molecule has 1 amide bonds. The second kappa shape index (κ2) is 11.1. The largest absolute Gasteiger partial charge is 0.322 e. The van der Waals surface area contributed by atoms with Crippen molar-refractivity contribution in [3.63, 3.8) is 0 Å². The Labute approximate surface area is 194 Å². The summed E-state index contributed by atoms with van der Waals surface area (Å²) in [6.45, 7) is 2.58. The molecule has 1 N–H and O–H groups in total. The predicted molar refractivity (Wildman–Crippen MR) is 121 cm³/mol. The van der Waals surface area contributed by atoms with E-state index in [1.165, 1.54) is 23.9 Å². The normalized spacial score (nSPS) is 11.0. The van der Waals surface area contributed by atoms with E-state index in [1.54, 1.807) is 23.9 Å². The monoisotopic (exact) mass is 530 g/mol. The van der Waals surface area contributed by atoms with E-state index in [2.05, 4.69) is 31.4 Å². The Morgan fingerprint density at radius 2 is 1.84 bits per heavy atom. The van der Waals surface area contributed by atoms with Crippen LogP contribution in [0, 0.1) is 17.5 Å². The van der Waals surface area contributed by atoms with Crippen LogP contribution in [0.4, 0.5) is 18.9 Å². The van der Waals surface area contributed by atoms with Gasteiger partial charge in [0, 0.05) is 22.8 Å². The van der Waals surface area contributed by atoms with Crippen molar-refractivity contribution in [2.45, 2.75) is 30.1 Å². The fraction of sp³-hybridized carbons (Fsp3) is 0.250. The van der Waals surface area contributed by atoms with Gasteiger partial charge in [-0.05, 0) is 46.6 Å². The minimum atomic E-state index is -0.859. The Morgan fingerprint density at radius 1 is 1.10 bits per heavy atom. The van der Waals surface area contributed by atoms with Crippen molar-refractivity contribution >= 4 is 51.0 Å². The van der Waals surface area contributed by atoms with Gasteiger partial charge in [-0.25, -0.2) is 13.2 Å². The molecule has 3 rings (SSSR count). The number of carbonyl (C=O) groups excluding carboxylic acids is 1. The predicted octanol–water partition coefficient (Wildman–Crippen LogP) is 5.64. The number of aromatic nitrogens is 3. The molecule has 0 aliphatic rings. The van der Waals surface area contributed by atoms with Crippen molar-refractivity contribution in [1.82, 2.24) is 14.8 Å². The van der Waals surface area contributed by atoms with E-state index in [0.29, 0.717) is 29.3 Å². The smallest absolute Gasteiger partial charge is 0.234 e. The van der Waals surface area contributed by atoms with E-state index in [1.807, 2.05) is 11.5 Å². The van der Waals surface area contributed by atoms with Gasteiger partial charge in [0.2, 0.25) is 5.91 Å². The number of benzene rings is 2. The molecule has 0 bridgehead atoms. The summed E-state index contributed by atoms with van der Waals surface area (Å²) in [5, 5.41) is 11.4. The molecule has 0 fully saturated rings. The topological polar surface area (TPSA) is 59.8 Å². The molecule has 0 spiro atoms. The van der Waals surface area contributed by atoms with E-state index in [9.17, 15) is 18.0 Å². The SMILES string of the molecule is CCn1c(CSCc2ccc(F)cc2)nnc1SCC(=O)Nc1c(F)cc(F)cc1Br. The first-order valence-electron chi connectivity index (χ1n) is 9.18. The standard InChI is InChI=1S/C20H18BrF3N4OS2/c1-2-28-17(10-30-9-12-3-5-13(22)6-4-12)26-27-20(28)31-11-18(29)25-19-15(21)7-14(23)8-16(19)24/h3-8H,2,9-11H2,1H3,(H,25,29). The molecule has 0 aliphatic heterocycles. The van der Waals surface area contributed by atoms with Gasteiger partial charge in [0.15, 0.2) is 11.0 Å². The molecule has 0 aliphatic carbocycles. The third-order valence-corrected chi connectivity index (χ3v) is 6.72. The van der Waals surface area contributed by atoms with E-state index < -0.39 is 17.5 Å². The fourth-order valence-electron chi connectivity index (χ4n) is 2.66. The van der Waals surface area contributed by atoms with Crippen molar-refractivity contribution < 1.29 is 18.0 Å². The maximum atomic E-state index is 13.9. The first-order chi connectivity index (χ1) is 14.9. The Kier molecular flexibility index (Phi) is 8.44. The van der Waals surface area contributed by atoms with Crippen molar-refractivity contribution in [3.8, 4) is 0 Å². The summed E-state index contributed by atoms with van der Waals surface area (Å²) in [6.07, 6.45) is 0. The van der Waals surface area contributed by atoms with Crippen molar-refractivity contribution in [3.05, 3.63) is 69.7 Å². The molecule has 0 saturated carbocycles. The first-order valence-corrected chi connectivity index (χ1v) is 12.1. The fourth-order valence-corrected chi connectivity index (χ4v) is 4.91. The lowest BCUT2D eigenvalue weighted by atomic mass is 10.2. The summed E-state index contributed by atoms with van der Waals surface area (Å²) in [5.74, 6) is -0.235.